The molecule has 2 aromatic carbocycles. The minimum absolute atomic E-state index is 0.225. The number of hydrogen-bond donors (Lipinski definition) is 0. The number of halogens is 3. The van der Waals surface area contributed by atoms with Crippen LogP contribution in [0.5, 0.6) is 0 Å². The quantitative estimate of drug-likeness (QED) is 0.669. The van der Waals surface area contributed by atoms with Gasteiger partial charge in [0.2, 0.25) is 0 Å². The normalized spacial score (nSPS) is 12.4. The molecule has 0 saturated heterocycles. The van der Waals surface area contributed by atoms with E-state index in [-0.39, 0.29) is 11.2 Å². The standard InChI is InChI=1S/C15H13Cl2F/c1-10-6-7-12(9-15(10)18)14(17)8-11-4-2-3-5-13(11)16/h2-7,9,14H,8H2,1H3. The van der Waals surface area contributed by atoms with Crippen molar-refractivity contribution in [3.63, 3.8) is 0 Å². The number of aryl methyl sites for hydroxylation is 1. The molecule has 2 aromatic rings. The van der Waals surface area contributed by atoms with Gasteiger partial charge >= 0.3 is 0 Å². The van der Waals surface area contributed by atoms with Gasteiger partial charge in [-0.3, -0.25) is 0 Å². The molecule has 0 aliphatic heterocycles. The lowest BCUT2D eigenvalue weighted by Crippen LogP contribution is -1.98. The third-order valence-electron chi connectivity index (χ3n) is 2.91. The minimum Gasteiger partial charge on any atom is -0.207 e. The number of rotatable bonds is 3. The Hall–Kier alpha value is -1.05. The smallest absolute Gasteiger partial charge is 0.126 e. The molecule has 0 aliphatic rings. The van der Waals surface area contributed by atoms with E-state index < -0.39 is 0 Å². The minimum atomic E-state index is -0.278. The van der Waals surface area contributed by atoms with E-state index in [4.69, 9.17) is 23.2 Å². The molecule has 0 amide bonds. The summed E-state index contributed by atoms with van der Waals surface area (Å²) >= 11 is 12.4. The van der Waals surface area contributed by atoms with E-state index in [1.54, 1.807) is 13.0 Å². The Bertz CT molecular complexity index is 552. The summed E-state index contributed by atoms with van der Waals surface area (Å²) < 4.78 is 13.5. The molecule has 0 saturated carbocycles. The maximum Gasteiger partial charge on any atom is 0.126 e. The van der Waals surface area contributed by atoms with Crippen molar-refractivity contribution in [3.8, 4) is 0 Å². The molecule has 0 heterocycles. The molecule has 0 aromatic heterocycles. The Morgan fingerprint density at radius 2 is 1.89 bits per heavy atom. The molecule has 0 nitrogen and oxygen atoms in total. The Kier molecular flexibility index (Phi) is 4.26. The highest BCUT2D eigenvalue weighted by atomic mass is 35.5. The van der Waals surface area contributed by atoms with Crippen LogP contribution < -0.4 is 0 Å². The lowest BCUT2D eigenvalue weighted by molar-refractivity contribution is 0.615. The van der Waals surface area contributed by atoms with Gasteiger partial charge in [-0.1, -0.05) is 41.9 Å². The number of hydrogen-bond acceptors (Lipinski definition) is 0. The van der Waals surface area contributed by atoms with E-state index in [9.17, 15) is 4.39 Å². The maximum atomic E-state index is 13.5. The fourth-order valence-electron chi connectivity index (χ4n) is 1.78. The fourth-order valence-corrected chi connectivity index (χ4v) is 2.29. The Morgan fingerprint density at radius 1 is 1.17 bits per heavy atom. The fraction of sp³-hybridized carbons (Fsp3) is 0.200. The van der Waals surface area contributed by atoms with Crippen molar-refractivity contribution in [2.45, 2.75) is 18.7 Å². The molecule has 1 unspecified atom stereocenters. The van der Waals surface area contributed by atoms with Crippen LogP contribution in [0.15, 0.2) is 42.5 Å². The van der Waals surface area contributed by atoms with Crippen LogP contribution >= 0.6 is 23.2 Å². The second-order valence-corrected chi connectivity index (χ2v) is 5.21. The summed E-state index contributed by atoms with van der Waals surface area (Å²) in [5, 5.41) is 0.413. The van der Waals surface area contributed by atoms with Crippen LogP contribution in [-0.4, -0.2) is 0 Å². The predicted octanol–water partition coefficient (Wildman–Crippen LogP) is 5.31. The van der Waals surface area contributed by atoms with E-state index in [1.165, 1.54) is 6.07 Å². The molecule has 0 fully saturated rings. The van der Waals surface area contributed by atoms with Crippen molar-refractivity contribution in [2.24, 2.45) is 0 Å². The first-order valence-corrected chi connectivity index (χ1v) is 6.53. The Morgan fingerprint density at radius 3 is 2.56 bits per heavy atom. The van der Waals surface area contributed by atoms with E-state index >= 15 is 0 Å². The molecule has 0 radical (unpaired) electrons. The zero-order valence-corrected chi connectivity index (χ0v) is 11.5. The average Bonchev–Trinajstić information content (AvgIpc) is 2.35. The third-order valence-corrected chi connectivity index (χ3v) is 3.69. The van der Waals surface area contributed by atoms with E-state index in [2.05, 4.69) is 0 Å². The van der Waals surface area contributed by atoms with Crippen LogP contribution in [0.2, 0.25) is 5.02 Å². The summed E-state index contributed by atoms with van der Waals surface area (Å²) in [5.41, 5.74) is 2.38. The highest BCUT2D eigenvalue weighted by Gasteiger charge is 2.12. The van der Waals surface area contributed by atoms with Crippen LogP contribution in [0.25, 0.3) is 0 Å². The first kappa shape index (κ1) is 13.4. The zero-order chi connectivity index (χ0) is 13.1. The SMILES string of the molecule is Cc1ccc(C(Cl)Cc2ccccc2Cl)cc1F. The highest BCUT2D eigenvalue weighted by Crippen LogP contribution is 2.29. The summed E-state index contributed by atoms with van der Waals surface area (Å²) in [5.74, 6) is -0.225. The molecule has 94 valence electrons. The van der Waals surface area contributed by atoms with Gasteiger partial charge in [-0.15, -0.1) is 11.6 Å². The Balaban J connectivity index is 2.19. The van der Waals surface area contributed by atoms with Gasteiger partial charge in [0.15, 0.2) is 0 Å². The van der Waals surface area contributed by atoms with Gasteiger partial charge in [0.1, 0.15) is 5.82 Å². The van der Waals surface area contributed by atoms with Crippen molar-refractivity contribution >= 4 is 23.2 Å². The summed E-state index contributed by atoms with van der Waals surface area (Å²) in [7, 11) is 0. The topological polar surface area (TPSA) is 0 Å². The Labute approximate surface area is 116 Å². The van der Waals surface area contributed by atoms with Crippen molar-refractivity contribution in [1.82, 2.24) is 0 Å². The average molecular weight is 283 g/mol. The zero-order valence-electron chi connectivity index (χ0n) is 9.96. The van der Waals surface area contributed by atoms with Crippen LogP contribution in [-0.2, 0) is 6.42 Å². The van der Waals surface area contributed by atoms with Crippen LogP contribution in [0.3, 0.4) is 0 Å². The second kappa shape index (κ2) is 5.73. The molecule has 2 rings (SSSR count). The van der Waals surface area contributed by atoms with Crippen molar-refractivity contribution in [3.05, 3.63) is 70.0 Å². The number of benzene rings is 2. The monoisotopic (exact) mass is 282 g/mol. The van der Waals surface area contributed by atoms with E-state index in [0.717, 1.165) is 11.1 Å². The summed E-state index contributed by atoms with van der Waals surface area (Å²) in [6, 6.07) is 12.6. The van der Waals surface area contributed by atoms with E-state index in [0.29, 0.717) is 17.0 Å². The molecule has 3 heteroatoms. The number of alkyl halides is 1. The molecule has 0 spiro atoms. The van der Waals surface area contributed by atoms with Gasteiger partial charge in [-0.2, -0.15) is 0 Å². The van der Waals surface area contributed by atoms with Gasteiger partial charge in [-0.25, -0.2) is 4.39 Å². The third kappa shape index (κ3) is 3.04. The van der Waals surface area contributed by atoms with Gasteiger partial charge in [0, 0.05) is 5.02 Å². The summed E-state index contributed by atoms with van der Waals surface area (Å²) in [4.78, 5) is 0. The van der Waals surface area contributed by atoms with Gasteiger partial charge < -0.3 is 0 Å². The maximum absolute atomic E-state index is 13.5. The van der Waals surface area contributed by atoms with Gasteiger partial charge in [0.05, 0.1) is 5.38 Å². The predicted molar refractivity (Wildman–Crippen MR) is 74.9 cm³/mol. The lowest BCUT2D eigenvalue weighted by atomic mass is 10.0. The van der Waals surface area contributed by atoms with Gasteiger partial charge in [0.25, 0.3) is 0 Å². The molecule has 0 aliphatic carbocycles. The molecule has 1 atom stereocenters. The molecule has 0 bridgehead atoms. The first-order chi connectivity index (χ1) is 8.58. The largest absolute Gasteiger partial charge is 0.207 e. The van der Waals surface area contributed by atoms with Crippen LogP contribution in [0.1, 0.15) is 22.1 Å². The second-order valence-electron chi connectivity index (χ2n) is 4.27. The lowest BCUT2D eigenvalue weighted by Gasteiger charge is -2.12. The molecule has 18 heavy (non-hydrogen) atoms. The van der Waals surface area contributed by atoms with Crippen molar-refractivity contribution < 1.29 is 4.39 Å². The van der Waals surface area contributed by atoms with Gasteiger partial charge in [-0.05, 0) is 42.2 Å². The van der Waals surface area contributed by atoms with Crippen molar-refractivity contribution in [1.29, 1.82) is 0 Å². The van der Waals surface area contributed by atoms with Crippen LogP contribution in [0, 0.1) is 12.7 Å². The highest BCUT2D eigenvalue weighted by molar-refractivity contribution is 6.31. The van der Waals surface area contributed by atoms with Crippen LogP contribution in [0.4, 0.5) is 4.39 Å². The molecular weight excluding hydrogens is 270 g/mol. The molecular formula is C15H13Cl2F. The summed E-state index contributed by atoms with van der Waals surface area (Å²) in [6.45, 7) is 1.73. The van der Waals surface area contributed by atoms with Crippen molar-refractivity contribution in [2.75, 3.05) is 0 Å². The summed E-state index contributed by atoms with van der Waals surface area (Å²) in [6.07, 6.45) is 0.587. The van der Waals surface area contributed by atoms with E-state index in [1.807, 2.05) is 30.3 Å². The first-order valence-electron chi connectivity index (χ1n) is 5.71. The molecule has 0 N–H and O–H groups in total.